The van der Waals surface area contributed by atoms with E-state index in [1.165, 1.54) is 0 Å². The Hall–Kier alpha value is -2.28. The van der Waals surface area contributed by atoms with Crippen molar-refractivity contribution in [2.24, 2.45) is 5.73 Å². The lowest BCUT2D eigenvalue weighted by Crippen LogP contribution is -2.55. The summed E-state index contributed by atoms with van der Waals surface area (Å²) in [5.41, 5.74) is 6.55. The Morgan fingerprint density at radius 1 is 1.12 bits per heavy atom. The van der Waals surface area contributed by atoms with Gasteiger partial charge in [-0.2, -0.15) is 0 Å². The Morgan fingerprint density at radius 3 is 2.42 bits per heavy atom. The lowest BCUT2D eigenvalue weighted by atomic mass is 9.87. The van der Waals surface area contributed by atoms with Crippen LogP contribution in [0.5, 0.6) is 0 Å². The van der Waals surface area contributed by atoms with Gasteiger partial charge in [-0.25, -0.2) is 9.59 Å². The average molecular weight is 363 g/mol. The van der Waals surface area contributed by atoms with E-state index in [-0.39, 0.29) is 24.7 Å². The molecule has 0 aromatic heterocycles. The maximum atomic E-state index is 11.9. The molecule has 7 heteroatoms. The molecule has 3 unspecified atom stereocenters. The number of hydrogen-bond acceptors (Lipinski definition) is 5. The van der Waals surface area contributed by atoms with Crippen molar-refractivity contribution in [1.82, 2.24) is 10.6 Å². The SMILES string of the molecule is CC(C)(C)OC(=O)NC1CCC(NC(=O)OCc2ccccc2)CC1N. The summed E-state index contributed by atoms with van der Waals surface area (Å²) in [4.78, 5) is 23.8. The molecular weight excluding hydrogens is 334 g/mol. The van der Waals surface area contributed by atoms with Crippen molar-refractivity contribution < 1.29 is 19.1 Å². The molecule has 0 radical (unpaired) electrons. The number of amides is 2. The number of carbonyl (C=O) groups is 2. The fourth-order valence-corrected chi connectivity index (χ4v) is 2.91. The summed E-state index contributed by atoms with van der Waals surface area (Å²) in [6.45, 7) is 5.67. The van der Waals surface area contributed by atoms with Crippen molar-refractivity contribution >= 4 is 12.2 Å². The second-order valence-corrected chi connectivity index (χ2v) is 7.63. The second-order valence-electron chi connectivity index (χ2n) is 7.63. The lowest BCUT2D eigenvalue weighted by molar-refractivity contribution is 0.0479. The average Bonchev–Trinajstić information content (AvgIpc) is 2.55. The van der Waals surface area contributed by atoms with Crippen LogP contribution >= 0.6 is 0 Å². The molecule has 144 valence electrons. The molecule has 1 fully saturated rings. The molecule has 1 saturated carbocycles. The predicted octanol–water partition coefficient (Wildman–Crippen LogP) is 2.69. The van der Waals surface area contributed by atoms with Crippen LogP contribution in [0, 0.1) is 0 Å². The van der Waals surface area contributed by atoms with Crippen LogP contribution in [0.3, 0.4) is 0 Å². The minimum Gasteiger partial charge on any atom is -0.445 e. The smallest absolute Gasteiger partial charge is 0.407 e. The van der Waals surface area contributed by atoms with Gasteiger partial charge < -0.3 is 25.8 Å². The van der Waals surface area contributed by atoms with Crippen LogP contribution in [-0.2, 0) is 16.1 Å². The summed E-state index contributed by atoms with van der Waals surface area (Å²) in [6, 6.07) is 9.02. The van der Waals surface area contributed by atoms with E-state index >= 15 is 0 Å². The Balaban J connectivity index is 1.72. The third kappa shape index (κ3) is 6.92. The molecule has 1 aliphatic rings. The van der Waals surface area contributed by atoms with Crippen LogP contribution in [-0.4, -0.2) is 35.9 Å². The van der Waals surface area contributed by atoms with Crippen LogP contribution in [0.1, 0.15) is 45.6 Å². The van der Waals surface area contributed by atoms with Crippen LogP contribution in [0.2, 0.25) is 0 Å². The Bertz CT molecular complexity index is 601. The molecule has 1 aromatic rings. The van der Waals surface area contributed by atoms with Gasteiger partial charge in [-0.05, 0) is 45.6 Å². The summed E-state index contributed by atoms with van der Waals surface area (Å²) in [5, 5.41) is 5.66. The van der Waals surface area contributed by atoms with Gasteiger partial charge in [0, 0.05) is 18.1 Å². The van der Waals surface area contributed by atoms with E-state index in [4.69, 9.17) is 15.2 Å². The molecule has 0 spiro atoms. The van der Waals surface area contributed by atoms with Crippen molar-refractivity contribution in [3.05, 3.63) is 35.9 Å². The van der Waals surface area contributed by atoms with Crippen molar-refractivity contribution in [2.75, 3.05) is 0 Å². The minimum absolute atomic E-state index is 0.0649. The quantitative estimate of drug-likeness (QED) is 0.763. The van der Waals surface area contributed by atoms with E-state index in [0.717, 1.165) is 5.56 Å². The fraction of sp³-hybridized carbons (Fsp3) is 0.579. The summed E-state index contributed by atoms with van der Waals surface area (Å²) in [7, 11) is 0. The van der Waals surface area contributed by atoms with Gasteiger partial charge in [-0.3, -0.25) is 0 Å². The second kappa shape index (κ2) is 8.89. The number of nitrogens with two attached hydrogens (primary N) is 1. The van der Waals surface area contributed by atoms with Crippen LogP contribution in [0.15, 0.2) is 30.3 Å². The highest BCUT2D eigenvalue weighted by Crippen LogP contribution is 2.19. The largest absolute Gasteiger partial charge is 0.445 e. The zero-order valence-corrected chi connectivity index (χ0v) is 15.7. The molecule has 1 aliphatic carbocycles. The summed E-state index contributed by atoms with van der Waals surface area (Å²) < 4.78 is 10.5. The van der Waals surface area contributed by atoms with Gasteiger partial charge in [-0.15, -0.1) is 0 Å². The highest BCUT2D eigenvalue weighted by molar-refractivity contribution is 5.68. The maximum absolute atomic E-state index is 11.9. The van der Waals surface area contributed by atoms with Gasteiger partial charge in [0.05, 0.1) is 0 Å². The number of nitrogens with one attached hydrogen (secondary N) is 2. The first-order chi connectivity index (χ1) is 12.2. The molecule has 26 heavy (non-hydrogen) atoms. The van der Waals surface area contributed by atoms with Crippen molar-refractivity contribution in [3.8, 4) is 0 Å². The highest BCUT2D eigenvalue weighted by Gasteiger charge is 2.31. The Kier molecular flexibility index (Phi) is 6.85. The van der Waals surface area contributed by atoms with Crippen molar-refractivity contribution in [2.45, 2.75) is 70.4 Å². The van der Waals surface area contributed by atoms with E-state index in [0.29, 0.717) is 19.3 Å². The first-order valence-corrected chi connectivity index (χ1v) is 8.95. The molecule has 2 rings (SSSR count). The van der Waals surface area contributed by atoms with Gasteiger partial charge in [0.2, 0.25) is 0 Å². The normalized spacial score (nSPS) is 23.0. The molecule has 7 nitrogen and oxygen atoms in total. The van der Waals surface area contributed by atoms with Gasteiger partial charge >= 0.3 is 12.2 Å². The summed E-state index contributed by atoms with van der Waals surface area (Å²) in [6.07, 6.45) is 1.04. The molecule has 0 aliphatic heterocycles. The molecule has 0 heterocycles. The van der Waals surface area contributed by atoms with E-state index in [2.05, 4.69) is 10.6 Å². The summed E-state index contributed by atoms with van der Waals surface area (Å²) >= 11 is 0. The molecule has 4 N–H and O–H groups in total. The molecule has 0 saturated heterocycles. The minimum atomic E-state index is -0.546. The standard InChI is InChI=1S/C19H29N3O4/c1-19(2,3)26-18(24)22-16-10-9-14(11-15(16)20)21-17(23)25-12-13-7-5-4-6-8-13/h4-8,14-16H,9-12,20H2,1-3H3,(H,21,23)(H,22,24). The zero-order chi connectivity index (χ0) is 19.2. The van der Waals surface area contributed by atoms with Gasteiger partial charge in [0.15, 0.2) is 0 Å². The van der Waals surface area contributed by atoms with Gasteiger partial charge in [0.25, 0.3) is 0 Å². The number of alkyl carbamates (subject to hydrolysis) is 2. The Labute approximate surface area is 154 Å². The molecule has 1 aromatic carbocycles. The van der Waals surface area contributed by atoms with Crippen LogP contribution in [0.4, 0.5) is 9.59 Å². The number of hydrogen-bond donors (Lipinski definition) is 3. The van der Waals surface area contributed by atoms with E-state index in [9.17, 15) is 9.59 Å². The third-order valence-electron chi connectivity index (χ3n) is 4.14. The van der Waals surface area contributed by atoms with Gasteiger partial charge in [0.1, 0.15) is 12.2 Å². The van der Waals surface area contributed by atoms with Crippen molar-refractivity contribution in [3.63, 3.8) is 0 Å². The monoisotopic (exact) mass is 363 g/mol. The molecule has 0 bridgehead atoms. The highest BCUT2D eigenvalue weighted by atomic mass is 16.6. The van der Waals surface area contributed by atoms with Crippen LogP contribution < -0.4 is 16.4 Å². The van der Waals surface area contributed by atoms with E-state index in [1.54, 1.807) is 0 Å². The first-order valence-electron chi connectivity index (χ1n) is 8.95. The topological polar surface area (TPSA) is 103 Å². The molecule has 3 atom stereocenters. The third-order valence-corrected chi connectivity index (χ3v) is 4.14. The maximum Gasteiger partial charge on any atom is 0.407 e. The van der Waals surface area contributed by atoms with E-state index < -0.39 is 17.8 Å². The molecular formula is C19H29N3O4. The number of carbonyl (C=O) groups excluding carboxylic acids is 2. The number of benzene rings is 1. The fourth-order valence-electron chi connectivity index (χ4n) is 2.91. The zero-order valence-electron chi connectivity index (χ0n) is 15.7. The first kappa shape index (κ1) is 20.0. The Morgan fingerprint density at radius 2 is 1.81 bits per heavy atom. The predicted molar refractivity (Wildman–Crippen MR) is 98.5 cm³/mol. The summed E-state index contributed by atoms with van der Waals surface area (Å²) in [5.74, 6) is 0. The van der Waals surface area contributed by atoms with E-state index in [1.807, 2.05) is 51.1 Å². The number of rotatable bonds is 4. The number of ether oxygens (including phenoxy) is 2. The van der Waals surface area contributed by atoms with Crippen LogP contribution in [0.25, 0.3) is 0 Å². The molecule has 2 amide bonds. The lowest BCUT2D eigenvalue weighted by Gasteiger charge is -2.34. The van der Waals surface area contributed by atoms with Gasteiger partial charge in [-0.1, -0.05) is 30.3 Å². The van der Waals surface area contributed by atoms with Crippen molar-refractivity contribution in [1.29, 1.82) is 0 Å².